The van der Waals surface area contributed by atoms with E-state index in [1.165, 1.54) is 18.4 Å². The topological polar surface area (TPSA) is 27.6 Å². The second-order valence-electron chi connectivity index (χ2n) is 5.50. The molecule has 1 heterocycles. The molecule has 1 saturated heterocycles. The zero-order valence-electron chi connectivity index (χ0n) is 13.0. The van der Waals surface area contributed by atoms with Gasteiger partial charge in [0.1, 0.15) is 0 Å². The number of guanidine groups is 1. The normalized spacial score (nSPS) is 23.8. The van der Waals surface area contributed by atoms with Gasteiger partial charge in [-0.25, -0.2) is 0 Å². The lowest BCUT2D eigenvalue weighted by molar-refractivity contribution is 0.216. The lowest BCUT2D eigenvalue weighted by Gasteiger charge is -2.40. The highest BCUT2D eigenvalue weighted by Crippen LogP contribution is 2.34. The Morgan fingerprint density at radius 2 is 2.05 bits per heavy atom. The number of piperidine rings is 1. The molecule has 3 nitrogen and oxygen atoms in total. The molecule has 0 spiro atoms. The SMILES string of the molecule is CCNC(=NC)N1CCC(c2ccccc2)C(CC)C1. The zero-order valence-corrected chi connectivity index (χ0v) is 13.0. The van der Waals surface area contributed by atoms with E-state index >= 15 is 0 Å². The number of benzene rings is 1. The number of nitrogens with one attached hydrogen (secondary N) is 1. The Morgan fingerprint density at radius 3 is 2.65 bits per heavy atom. The van der Waals surface area contributed by atoms with Gasteiger partial charge >= 0.3 is 0 Å². The number of likely N-dealkylation sites (tertiary alicyclic amines) is 1. The summed E-state index contributed by atoms with van der Waals surface area (Å²) in [4.78, 5) is 6.81. The van der Waals surface area contributed by atoms with Crippen molar-refractivity contribution in [1.29, 1.82) is 0 Å². The van der Waals surface area contributed by atoms with Crippen LogP contribution in [0.1, 0.15) is 38.2 Å². The van der Waals surface area contributed by atoms with Gasteiger partial charge in [0.2, 0.25) is 0 Å². The van der Waals surface area contributed by atoms with Gasteiger partial charge in [-0.05, 0) is 30.7 Å². The van der Waals surface area contributed by atoms with Gasteiger partial charge in [0.25, 0.3) is 0 Å². The molecule has 110 valence electrons. The maximum atomic E-state index is 4.40. The van der Waals surface area contributed by atoms with Crippen LogP contribution in [0.4, 0.5) is 0 Å². The standard InChI is InChI=1S/C17H27N3/c1-4-14-13-20(17(18-3)19-5-2)12-11-16(14)15-9-7-6-8-10-15/h6-10,14,16H,4-5,11-13H2,1-3H3,(H,18,19). The number of hydrogen-bond donors (Lipinski definition) is 1. The van der Waals surface area contributed by atoms with Crippen molar-refractivity contribution in [3.8, 4) is 0 Å². The van der Waals surface area contributed by atoms with Crippen molar-refractivity contribution in [2.75, 3.05) is 26.7 Å². The molecule has 2 rings (SSSR count). The summed E-state index contributed by atoms with van der Waals surface area (Å²) in [7, 11) is 1.88. The van der Waals surface area contributed by atoms with Crippen molar-refractivity contribution < 1.29 is 0 Å². The first-order chi connectivity index (χ1) is 9.80. The summed E-state index contributed by atoms with van der Waals surface area (Å²) in [5, 5.41) is 3.38. The molecule has 1 aliphatic heterocycles. The molecule has 2 atom stereocenters. The summed E-state index contributed by atoms with van der Waals surface area (Å²) in [6.07, 6.45) is 2.44. The van der Waals surface area contributed by atoms with E-state index in [2.05, 4.69) is 59.4 Å². The van der Waals surface area contributed by atoms with Gasteiger partial charge in [-0.2, -0.15) is 0 Å². The lowest BCUT2D eigenvalue weighted by atomic mass is 9.79. The summed E-state index contributed by atoms with van der Waals surface area (Å²) in [6, 6.07) is 11.0. The quantitative estimate of drug-likeness (QED) is 0.677. The molecule has 2 unspecified atom stereocenters. The number of rotatable bonds is 3. The van der Waals surface area contributed by atoms with E-state index in [4.69, 9.17) is 0 Å². The Kier molecular flexibility index (Phi) is 5.45. The molecule has 0 aromatic heterocycles. The minimum atomic E-state index is 0.692. The van der Waals surface area contributed by atoms with E-state index in [0.29, 0.717) is 11.8 Å². The number of aliphatic imine (C=N–C) groups is 1. The Labute approximate surface area is 123 Å². The minimum absolute atomic E-state index is 0.692. The smallest absolute Gasteiger partial charge is 0.193 e. The Hall–Kier alpha value is -1.51. The molecule has 1 aromatic carbocycles. The average Bonchev–Trinajstić information content (AvgIpc) is 2.53. The molecule has 20 heavy (non-hydrogen) atoms. The van der Waals surface area contributed by atoms with Crippen LogP contribution in [0.25, 0.3) is 0 Å². The van der Waals surface area contributed by atoms with Gasteiger partial charge in [-0.15, -0.1) is 0 Å². The van der Waals surface area contributed by atoms with Gasteiger partial charge in [-0.1, -0.05) is 43.7 Å². The third-order valence-electron chi connectivity index (χ3n) is 4.33. The van der Waals surface area contributed by atoms with Crippen molar-refractivity contribution in [1.82, 2.24) is 10.2 Å². The third kappa shape index (κ3) is 3.33. The Morgan fingerprint density at radius 1 is 1.30 bits per heavy atom. The van der Waals surface area contributed by atoms with E-state index in [0.717, 1.165) is 25.6 Å². The van der Waals surface area contributed by atoms with Crippen LogP contribution in [0.5, 0.6) is 0 Å². The third-order valence-corrected chi connectivity index (χ3v) is 4.33. The molecule has 0 saturated carbocycles. The van der Waals surface area contributed by atoms with Gasteiger partial charge in [0, 0.05) is 26.7 Å². The van der Waals surface area contributed by atoms with Crippen LogP contribution in [-0.4, -0.2) is 37.5 Å². The van der Waals surface area contributed by atoms with Gasteiger partial charge in [-0.3, -0.25) is 4.99 Å². The van der Waals surface area contributed by atoms with Crippen LogP contribution < -0.4 is 5.32 Å². The largest absolute Gasteiger partial charge is 0.357 e. The summed E-state index contributed by atoms with van der Waals surface area (Å²) in [5.74, 6) is 2.45. The number of nitrogens with zero attached hydrogens (tertiary/aromatic N) is 2. The highest BCUT2D eigenvalue weighted by Gasteiger charge is 2.30. The summed E-state index contributed by atoms with van der Waals surface area (Å²) >= 11 is 0. The van der Waals surface area contributed by atoms with Crippen LogP contribution in [0, 0.1) is 5.92 Å². The molecule has 0 radical (unpaired) electrons. The molecule has 1 fully saturated rings. The fourth-order valence-corrected chi connectivity index (χ4v) is 3.27. The van der Waals surface area contributed by atoms with Crippen LogP contribution in [0.15, 0.2) is 35.3 Å². The second-order valence-corrected chi connectivity index (χ2v) is 5.50. The molecule has 0 bridgehead atoms. The first-order valence-electron chi connectivity index (χ1n) is 7.80. The average molecular weight is 273 g/mol. The fraction of sp³-hybridized carbons (Fsp3) is 0.588. The summed E-state index contributed by atoms with van der Waals surface area (Å²) in [5.41, 5.74) is 1.50. The molecule has 3 heteroatoms. The molecule has 0 amide bonds. The van der Waals surface area contributed by atoms with E-state index in [1.54, 1.807) is 0 Å². The van der Waals surface area contributed by atoms with Crippen molar-refractivity contribution in [2.24, 2.45) is 10.9 Å². The van der Waals surface area contributed by atoms with Crippen LogP contribution in [0.3, 0.4) is 0 Å². The van der Waals surface area contributed by atoms with E-state index in [1.807, 2.05) is 7.05 Å². The first-order valence-corrected chi connectivity index (χ1v) is 7.80. The monoisotopic (exact) mass is 273 g/mol. The fourth-order valence-electron chi connectivity index (χ4n) is 3.27. The maximum absolute atomic E-state index is 4.40. The molecule has 1 aromatic rings. The lowest BCUT2D eigenvalue weighted by Crippen LogP contribution is -2.48. The van der Waals surface area contributed by atoms with E-state index < -0.39 is 0 Å². The van der Waals surface area contributed by atoms with E-state index in [-0.39, 0.29) is 0 Å². The summed E-state index contributed by atoms with van der Waals surface area (Å²) in [6.45, 7) is 7.56. The van der Waals surface area contributed by atoms with Crippen LogP contribution in [-0.2, 0) is 0 Å². The summed E-state index contributed by atoms with van der Waals surface area (Å²) < 4.78 is 0. The number of hydrogen-bond acceptors (Lipinski definition) is 1. The van der Waals surface area contributed by atoms with Crippen molar-refractivity contribution in [3.63, 3.8) is 0 Å². The first kappa shape index (κ1) is 14.9. The molecular formula is C17H27N3. The highest BCUT2D eigenvalue weighted by atomic mass is 15.3. The second kappa shape index (κ2) is 7.32. The minimum Gasteiger partial charge on any atom is -0.357 e. The van der Waals surface area contributed by atoms with Gasteiger partial charge < -0.3 is 10.2 Å². The molecule has 1 N–H and O–H groups in total. The van der Waals surface area contributed by atoms with Crippen LogP contribution >= 0.6 is 0 Å². The Bertz CT molecular complexity index is 427. The predicted molar refractivity (Wildman–Crippen MR) is 86.2 cm³/mol. The molecule has 1 aliphatic rings. The van der Waals surface area contributed by atoms with Crippen LogP contribution in [0.2, 0.25) is 0 Å². The highest BCUT2D eigenvalue weighted by molar-refractivity contribution is 5.79. The van der Waals surface area contributed by atoms with Crippen molar-refractivity contribution >= 4 is 5.96 Å². The van der Waals surface area contributed by atoms with Crippen molar-refractivity contribution in [3.05, 3.63) is 35.9 Å². The molecular weight excluding hydrogens is 246 g/mol. The maximum Gasteiger partial charge on any atom is 0.193 e. The van der Waals surface area contributed by atoms with Gasteiger partial charge in [0.05, 0.1) is 0 Å². The van der Waals surface area contributed by atoms with E-state index in [9.17, 15) is 0 Å². The zero-order chi connectivity index (χ0) is 14.4. The van der Waals surface area contributed by atoms with Crippen molar-refractivity contribution in [2.45, 2.75) is 32.6 Å². The molecule has 0 aliphatic carbocycles. The Balaban J connectivity index is 2.08. The van der Waals surface area contributed by atoms with Gasteiger partial charge in [0.15, 0.2) is 5.96 Å². The predicted octanol–water partition coefficient (Wildman–Crippen LogP) is 3.10.